The standard InChI is InChI=1S/C24H25N5O.2ClH/c1-17-9-18(2)11-21(10-17)29-8-7-28(15-24(29)30)23(22-14-26-16-27-22)12-19-3-5-20(13-25)6-4-19;;/h3-6,9-11,14,16,23H,7-8,12,15H2,1-2H3,(H,26,27);2*1H. The number of hydrogen-bond acceptors (Lipinski definition) is 4. The number of anilines is 1. The number of aryl methyl sites for hydroxylation is 2. The molecule has 8 heteroatoms. The van der Waals surface area contributed by atoms with E-state index in [0.717, 1.165) is 41.0 Å². The van der Waals surface area contributed by atoms with E-state index in [4.69, 9.17) is 5.26 Å². The molecule has 2 heterocycles. The quantitative estimate of drug-likeness (QED) is 0.598. The molecule has 1 unspecified atom stereocenters. The molecule has 1 aliphatic rings. The third kappa shape index (κ3) is 5.68. The van der Waals surface area contributed by atoms with Crippen molar-refractivity contribution in [1.29, 1.82) is 5.26 Å². The first-order valence-corrected chi connectivity index (χ1v) is 10.1. The van der Waals surface area contributed by atoms with Crippen molar-refractivity contribution in [2.45, 2.75) is 26.3 Å². The highest BCUT2D eigenvalue weighted by molar-refractivity contribution is 5.95. The van der Waals surface area contributed by atoms with Crippen molar-refractivity contribution in [2.75, 3.05) is 24.5 Å². The number of halogens is 2. The molecule has 1 fully saturated rings. The molecule has 0 aliphatic carbocycles. The molecule has 1 aromatic heterocycles. The number of benzene rings is 2. The molecule has 0 saturated carbocycles. The lowest BCUT2D eigenvalue weighted by Crippen LogP contribution is -2.52. The summed E-state index contributed by atoms with van der Waals surface area (Å²) < 4.78 is 0. The van der Waals surface area contributed by atoms with Crippen LogP contribution in [-0.2, 0) is 11.2 Å². The van der Waals surface area contributed by atoms with Gasteiger partial charge in [0, 0.05) is 25.0 Å². The van der Waals surface area contributed by atoms with Gasteiger partial charge in [0.1, 0.15) is 0 Å². The van der Waals surface area contributed by atoms with Crippen LogP contribution in [0.15, 0.2) is 55.0 Å². The van der Waals surface area contributed by atoms with Crippen LogP contribution in [0.3, 0.4) is 0 Å². The largest absolute Gasteiger partial charge is 0.347 e. The number of carbonyl (C=O) groups excluding carboxylic acids is 1. The van der Waals surface area contributed by atoms with Crippen molar-refractivity contribution >= 4 is 36.4 Å². The van der Waals surface area contributed by atoms with Crippen LogP contribution in [0.1, 0.15) is 34.0 Å². The van der Waals surface area contributed by atoms with Gasteiger partial charge in [-0.3, -0.25) is 9.69 Å². The first kappa shape index (κ1) is 25.4. The Hall–Kier alpha value is -2.85. The monoisotopic (exact) mass is 471 g/mol. The number of nitrogens with zero attached hydrogens (tertiary/aromatic N) is 4. The Balaban J connectivity index is 0.00000181. The molecule has 6 nitrogen and oxygen atoms in total. The number of aromatic nitrogens is 2. The van der Waals surface area contributed by atoms with E-state index < -0.39 is 0 Å². The Labute approximate surface area is 201 Å². The Morgan fingerprint density at radius 1 is 1.09 bits per heavy atom. The van der Waals surface area contributed by atoms with Crippen molar-refractivity contribution < 1.29 is 4.79 Å². The number of aromatic amines is 1. The third-order valence-corrected chi connectivity index (χ3v) is 5.60. The van der Waals surface area contributed by atoms with Gasteiger partial charge in [0.15, 0.2) is 0 Å². The maximum absolute atomic E-state index is 13.1. The molecule has 1 atom stereocenters. The van der Waals surface area contributed by atoms with Crippen molar-refractivity contribution in [2.24, 2.45) is 0 Å². The average Bonchev–Trinajstić information content (AvgIpc) is 3.26. The molecule has 1 aliphatic heterocycles. The normalized spacial score (nSPS) is 14.8. The minimum atomic E-state index is 0. The van der Waals surface area contributed by atoms with E-state index in [2.05, 4.69) is 53.0 Å². The zero-order valence-corrected chi connectivity index (χ0v) is 19.7. The molecule has 4 rings (SSSR count). The first-order valence-electron chi connectivity index (χ1n) is 10.1. The molecule has 168 valence electrons. The van der Waals surface area contributed by atoms with Crippen LogP contribution in [0.2, 0.25) is 0 Å². The SMILES string of the molecule is Cc1cc(C)cc(N2CCN(C(Cc3ccc(C#N)cc3)c3cnc[nH]3)CC2=O)c1.Cl.Cl. The van der Waals surface area contributed by atoms with Crippen LogP contribution in [0.5, 0.6) is 0 Å². The molecular formula is C24H27Cl2N5O. The molecule has 0 bridgehead atoms. The van der Waals surface area contributed by atoms with Gasteiger partial charge in [-0.2, -0.15) is 5.26 Å². The number of nitrogens with one attached hydrogen (secondary N) is 1. The predicted octanol–water partition coefficient (Wildman–Crippen LogP) is 4.37. The van der Waals surface area contributed by atoms with Crippen molar-refractivity contribution in [3.05, 3.63) is 82.9 Å². The lowest BCUT2D eigenvalue weighted by Gasteiger charge is -2.38. The molecule has 0 radical (unpaired) electrons. The Kier molecular flexibility index (Phi) is 8.85. The van der Waals surface area contributed by atoms with Crippen LogP contribution in [0.25, 0.3) is 0 Å². The fourth-order valence-electron chi connectivity index (χ4n) is 4.16. The topological polar surface area (TPSA) is 76.0 Å². The number of H-pyrrole nitrogens is 1. The molecule has 32 heavy (non-hydrogen) atoms. The Morgan fingerprint density at radius 2 is 1.78 bits per heavy atom. The molecule has 1 saturated heterocycles. The molecule has 2 aromatic carbocycles. The fraction of sp³-hybridized carbons (Fsp3) is 0.292. The Morgan fingerprint density at radius 3 is 2.34 bits per heavy atom. The summed E-state index contributed by atoms with van der Waals surface area (Å²) in [6.45, 7) is 5.90. The zero-order chi connectivity index (χ0) is 21.1. The van der Waals surface area contributed by atoms with E-state index >= 15 is 0 Å². The first-order chi connectivity index (χ1) is 14.5. The number of carbonyl (C=O) groups is 1. The second-order valence-corrected chi connectivity index (χ2v) is 7.90. The minimum Gasteiger partial charge on any atom is -0.347 e. The van der Waals surface area contributed by atoms with Gasteiger partial charge < -0.3 is 9.88 Å². The van der Waals surface area contributed by atoms with Gasteiger partial charge >= 0.3 is 0 Å². The Bertz CT molecular complexity index is 1060. The van der Waals surface area contributed by atoms with E-state index in [9.17, 15) is 4.79 Å². The van der Waals surface area contributed by atoms with Crippen molar-refractivity contribution in [3.63, 3.8) is 0 Å². The molecule has 1 N–H and O–H groups in total. The van der Waals surface area contributed by atoms with Gasteiger partial charge in [0.05, 0.1) is 36.2 Å². The van der Waals surface area contributed by atoms with E-state index in [-0.39, 0.29) is 36.8 Å². The minimum absolute atomic E-state index is 0. The molecular weight excluding hydrogens is 445 g/mol. The summed E-state index contributed by atoms with van der Waals surface area (Å²) >= 11 is 0. The fourth-order valence-corrected chi connectivity index (χ4v) is 4.16. The molecule has 0 spiro atoms. The van der Waals surface area contributed by atoms with Crippen LogP contribution in [-0.4, -0.2) is 40.4 Å². The van der Waals surface area contributed by atoms with Gasteiger partial charge in [0.25, 0.3) is 0 Å². The zero-order valence-electron chi connectivity index (χ0n) is 18.1. The summed E-state index contributed by atoms with van der Waals surface area (Å²) in [7, 11) is 0. The van der Waals surface area contributed by atoms with Crippen LogP contribution >= 0.6 is 24.8 Å². The van der Waals surface area contributed by atoms with Gasteiger partial charge in [-0.15, -0.1) is 24.8 Å². The summed E-state index contributed by atoms with van der Waals surface area (Å²) in [5.41, 5.74) is 6.06. The van der Waals surface area contributed by atoms with E-state index in [1.165, 1.54) is 0 Å². The number of amides is 1. The highest BCUT2D eigenvalue weighted by atomic mass is 35.5. The second kappa shape index (κ2) is 11.1. The maximum atomic E-state index is 13.1. The second-order valence-electron chi connectivity index (χ2n) is 7.90. The number of imidazole rings is 1. The summed E-state index contributed by atoms with van der Waals surface area (Å²) in [5.74, 6) is 0.107. The lowest BCUT2D eigenvalue weighted by atomic mass is 10.00. The summed E-state index contributed by atoms with van der Waals surface area (Å²) in [6, 6.07) is 16.1. The smallest absolute Gasteiger partial charge is 0.241 e. The van der Waals surface area contributed by atoms with Crippen LogP contribution in [0.4, 0.5) is 5.69 Å². The third-order valence-electron chi connectivity index (χ3n) is 5.60. The number of hydrogen-bond donors (Lipinski definition) is 1. The van der Waals surface area contributed by atoms with E-state index in [1.54, 1.807) is 6.33 Å². The van der Waals surface area contributed by atoms with E-state index in [0.29, 0.717) is 18.7 Å². The van der Waals surface area contributed by atoms with Crippen molar-refractivity contribution in [3.8, 4) is 6.07 Å². The highest BCUT2D eigenvalue weighted by Crippen LogP contribution is 2.28. The van der Waals surface area contributed by atoms with Crippen molar-refractivity contribution in [1.82, 2.24) is 14.9 Å². The van der Waals surface area contributed by atoms with E-state index in [1.807, 2.05) is 35.4 Å². The predicted molar refractivity (Wildman–Crippen MR) is 131 cm³/mol. The highest BCUT2D eigenvalue weighted by Gasteiger charge is 2.31. The summed E-state index contributed by atoms with van der Waals surface area (Å²) in [5, 5.41) is 9.03. The number of piperazine rings is 1. The van der Waals surface area contributed by atoms with Gasteiger partial charge in [-0.1, -0.05) is 18.2 Å². The number of nitriles is 1. The van der Waals surface area contributed by atoms with Gasteiger partial charge in [-0.05, 0) is 61.2 Å². The summed E-state index contributed by atoms with van der Waals surface area (Å²) in [6.07, 6.45) is 4.24. The van der Waals surface area contributed by atoms with Crippen LogP contribution < -0.4 is 4.90 Å². The molecule has 1 amide bonds. The number of rotatable bonds is 5. The van der Waals surface area contributed by atoms with Gasteiger partial charge in [-0.25, -0.2) is 4.98 Å². The lowest BCUT2D eigenvalue weighted by molar-refractivity contribution is -0.122. The van der Waals surface area contributed by atoms with Gasteiger partial charge in [0.2, 0.25) is 5.91 Å². The molecule has 3 aromatic rings. The summed E-state index contributed by atoms with van der Waals surface area (Å²) in [4.78, 5) is 24.6. The van der Waals surface area contributed by atoms with Crippen LogP contribution in [0, 0.1) is 25.2 Å². The average molecular weight is 472 g/mol. The maximum Gasteiger partial charge on any atom is 0.241 e.